The molecule has 0 fully saturated rings. The fourth-order valence-electron chi connectivity index (χ4n) is 2.06. The van der Waals surface area contributed by atoms with Crippen molar-refractivity contribution >= 4 is 23.5 Å². The van der Waals surface area contributed by atoms with Crippen molar-refractivity contribution in [3.8, 4) is 5.75 Å². The lowest BCUT2D eigenvalue weighted by Gasteiger charge is -2.11. The van der Waals surface area contributed by atoms with Gasteiger partial charge in [-0.25, -0.2) is 4.39 Å². The molecule has 7 nitrogen and oxygen atoms in total. The summed E-state index contributed by atoms with van der Waals surface area (Å²) in [6.45, 7) is -4.37. The highest BCUT2D eigenvalue weighted by Crippen LogP contribution is 2.19. The third-order valence-electron chi connectivity index (χ3n) is 3.21. The van der Waals surface area contributed by atoms with E-state index < -0.39 is 43.4 Å². The molecule has 10 heteroatoms. The lowest BCUT2D eigenvalue weighted by molar-refractivity contribution is -0.146. The van der Waals surface area contributed by atoms with E-state index in [1.165, 1.54) is 42.5 Å². The highest BCUT2D eigenvalue weighted by molar-refractivity contribution is 5.98. The second-order valence-corrected chi connectivity index (χ2v) is 5.28. The molecule has 0 heterocycles. The van der Waals surface area contributed by atoms with Gasteiger partial charge in [0, 0.05) is 5.69 Å². The van der Waals surface area contributed by atoms with Gasteiger partial charge in [-0.15, -0.1) is 0 Å². The first-order chi connectivity index (χ1) is 13.3. The zero-order chi connectivity index (χ0) is 20.5. The third kappa shape index (κ3) is 6.63. The van der Waals surface area contributed by atoms with Crippen molar-refractivity contribution in [2.45, 2.75) is 6.61 Å². The number of carbonyl (C=O) groups is 3. The summed E-state index contributed by atoms with van der Waals surface area (Å²) < 4.78 is 46.6. The van der Waals surface area contributed by atoms with Gasteiger partial charge in [0.1, 0.15) is 18.1 Å². The minimum atomic E-state index is -3.12. The van der Waals surface area contributed by atoms with Crippen molar-refractivity contribution in [3.63, 3.8) is 0 Å². The zero-order valence-corrected chi connectivity index (χ0v) is 14.3. The first kappa shape index (κ1) is 20.7. The van der Waals surface area contributed by atoms with Crippen LogP contribution < -0.4 is 15.4 Å². The van der Waals surface area contributed by atoms with Crippen molar-refractivity contribution in [1.82, 2.24) is 5.32 Å². The molecule has 0 unspecified atom stereocenters. The van der Waals surface area contributed by atoms with Crippen molar-refractivity contribution in [1.29, 1.82) is 0 Å². The van der Waals surface area contributed by atoms with Crippen LogP contribution in [0.25, 0.3) is 0 Å². The largest absolute Gasteiger partial charge is 0.454 e. The minimum absolute atomic E-state index is 0.185. The third-order valence-corrected chi connectivity index (χ3v) is 3.21. The van der Waals surface area contributed by atoms with Crippen LogP contribution in [0, 0.1) is 5.82 Å². The number of halogens is 3. The van der Waals surface area contributed by atoms with Crippen LogP contribution in [0.5, 0.6) is 5.75 Å². The summed E-state index contributed by atoms with van der Waals surface area (Å²) in [6, 6.07) is 10.4. The highest BCUT2D eigenvalue weighted by Gasteiger charge is 2.16. The van der Waals surface area contributed by atoms with Gasteiger partial charge in [-0.2, -0.15) is 8.78 Å². The minimum Gasteiger partial charge on any atom is -0.454 e. The van der Waals surface area contributed by atoms with Crippen molar-refractivity contribution in [2.75, 3.05) is 18.5 Å². The quantitative estimate of drug-likeness (QED) is 0.668. The van der Waals surface area contributed by atoms with E-state index >= 15 is 0 Å². The molecule has 0 radical (unpaired) electrons. The number of carbonyl (C=O) groups excluding carboxylic acids is 3. The van der Waals surface area contributed by atoms with Crippen LogP contribution in [0.4, 0.5) is 18.9 Å². The van der Waals surface area contributed by atoms with E-state index in [-0.39, 0.29) is 17.0 Å². The van der Waals surface area contributed by atoms with Gasteiger partial charge in [0.25, 0.3) is 11.8 Å². The lowest BCUT2D eigenvalue weighted by Crippen LogP contribution is -2.32. The SMILES string of the molecule is O=C(COC(=O)CNC(=O)c1ccccc1OC(F)F)Nc1cccc(F)c1. The van der Waals surface area contributed by atoms with E-state index in [9.17, 15) is 27.6 Å². The molecule has 2 amide bonds. The number of esters is 1. The number of ether oxygens (including phenoxy) is 2. The summed E-state index contributed by atoms with van der Waals surface area (Å²) in [4.78, 5) is 35.3. The lowest BCUT2D eigenvalue weighted by atomic mass is 10.2. The van der Waals surface area contributed by atoms with Gasteiger partial charge in [0.15, 0.2) is 6.61 Å². The Hall–Kier alpha value is -3.56. The molecule has 0 aliphatic rings. The molecule has 0 aliphatic heterocycles. The van der Waals surface area contributed by atoms with Crippen LogP contribution in [-0.4, -0.2) is 37.5 Å². The fourth-order valence-corrected chi connectivity index (χ4v) is 2.06. The Balaban J connectivity index is 1.79. The maximum absolute atomic E-state index is 13.0. The number of anilines is 1. The predicted octanol–water partition coefficient (Wildman–Crippen LogP) is 2.34. The Bertz CT molecular complexity index is 861. The fraction of sp³-hybridized carbons (Fsp3) is 0.167. The van der Waals surface area contributed by atoms with Gasteiger partial charge in [0.2, 0.25) is 0 Å². The van der Waals surface area contributed by atoms with E-state index in [1.807, 2.05) is 0 Å². The second kappa shape index (κ2) is 9.95. The zero-order valence-electron chi connectivity index (χ0n) is 14.3. The number of amides is 2. The average Bonchev–Trinajstić information content (AvgIpc) is 2.64. The van der Waals surface area contributed by atoms with Gasteiger partial charge >= 0.3 is 12.6 Å². The predicted molar refractivity (Wildman–Crippen MR) is 91.4 cm³/mol. The molecule has 28 heavy (non-hydrogen) atoms. The average molecular weight is 396 g/mol. The molecule has 0 saturated heterocycles. The van der Waals surface area contributed by atoms with Gasteiger partial charge in [-0.1, -0.05) is 18.2 Å². The topological polar surface area (TPSA) is 93.7 Å². The molecule has 0 aromatic heterocycles. The Kier molecular flexibility index (Phi) is 7.37. The van der Waals surface area contributed by atoms with Gasteiger partial charge in [-0.05, 0) is 30.3 Å². The summed E-state index contributed by atoms with van der Waals surface area (Å²) in [5.74, 6) is -3.38. The van der Waals surface area contributed by atoms with Gasteiger partial charge in [0.05, 0.1) is 5.56 Å². The Morgan fingerprint density at radius 2 is 1.79 bits per heavy atom. The Morgan fingerprint density at radius 3 is 2.50 bits per heavy atom. The summed E-state index contributed by atoms with van der Waals surface area (Å²) >= 11 is 0. The standard InChI is InChI=1S/C18H15F3N2O5/c19-11-4-3-5-12(8-11)23-15(24)10-27-16(25)9-22-17(26)13-6-1-2-7-14(13)28-18(20)21/h1-8,18H,9-10H2,(H,22,26)(H,23,24). The van der Waals surface area contributed by atoms with Crippen molar-refractivity contribution in [3.05, 3.63) is 59.9 Å². The molecule has 2 aromatic rings. The van der Waals surface area contributed by atoms with Gasteiger partial charge < -0.3 is 20.1 Å². The van der Waals surface area contributed by atoms with Crippen LogP contribution in [0.15, 0.2) is 48.5 Å². The van der Waals surface area contributed by atoms with E-state index in [0.717, 1.165) is 6.07 Å². The molecule has 148 valence electrons. The van der Waals surface area contributed by atoms with E-state index in [0.29, 0.717) is 0 Å². The molecule has 2 N–H and O–H groups in total. The monoisotopic (exact) mass is 396 g/mol. The van der Waals surface area contributed by atoms with Crippen LogP contribution in [0.2, 0.25) is 0 Å². The molecule has 2 aromatic carbocycles. The van der Waals surface area contributed by atoms with Crippen LogP contribution in [0.3, 0.4) is 0 Å². The summed E-state index contributed by atoms with van der Waals surface area (Å²) in [5.41, 5.74) is -0.00978. The maximum Gasteiger partial charge on any atom is 0.387 e. The van der Waals surface area contributed by atoms with Crippen LogP contribution in [0.1, 0.15) is 10.4 Å². The number of nitrogens with one attached hydrogen (secondary N) is 2. The van der Waals surface area contributed by atoms with Crippen LogP contribution in [-0.2, 0) is 14.3 Å². The summed E-state index contributed by atoms with van der Waals surface area (Å²) in [6.07, 6.45) is 0. The Labute approximate surface area is 157 Å². The number of hydrogen-bond acceptors (Lipinski definition) is 5. The van der Waals surface area contributed by atoms with Gasteiger partial charge in [-0.3, -0.25) is 14.4 Å². The number of benzene rings is 2. The molecule has 0 aliphatic carbocycles. The Morgan fingerprint density at radius 1 is 1.04 bits per heavy atom. The molecule has 0 bridgehead atoms. The second-order valence-electron chi connectivity index (χ2n) is 5.28. The highest BCUT2D eigenvalue weighted by atomic mass is 19.3. The van der Waals surface area contributed by atoms with E-state index in [2.05, 4.69) is 20.1 Å². The molecule has 0 spiro atoms. The first-order valence-corrected chi connectivity index (χ1v) is 7.88. The number of alkyl halides is 2. The van der Waals surface area contributed by atoms with Crippen molar-refractivity contribution < 1.29 is 37.0 Å². The van der Waals surface area contributed by atoms with Crippen LogP contribution >= 0.6 is 0 Å². The molecular formula is C18H15F3N2O5. The summed E-state index contributed by atoms with van der Waals surface area (Å²) in [7, 11) is 0. The first-order valence-electron chi connectivity index (χ1n) is 7.88. The number of hydrogen-bond donors (Lipinski definition) is 2. The van der Waals surface area contributed by atoms with E-state index in [4.69, 9.17) is 0 Å². The normalized spacial score (nSPS) is 10.3. The molecule has 0 saturated carbocycles. The maximum atomic E-state index is 13.0. The number of rotatable bonds is 8. The molecule has 2 rings (SSSR count). The summed E-state index contributed by atoms with van der Waals surface area (Å²) in [5, 5.41) is 4.50. The smallest absolute Gasteiger partial charge is 0.387 e. The number of para-hydroxylation sites is 1. The molecule has 0 atom stereocenters. The van der Waals surface area contributed by atoms with Crippen molar-refractivity contribution in [2.24, 2.45) is 0 Å². The van der Waals surface area contributed by atoms with E-state index in [1.54, 1.807) is 0 Å². The molecular weight excluding hydrogens is 381 g/mol.